The number of nitrogens with zero attached hydrogens (tertiary/aromatic N) is 2. The molecule has 2 aliphatic heterocycles. The Labute approximate surface area is 404 Å². The maximum atomic E-state index is 15.9. The molecule has 3 aliphatic carbocycles. The van der Waals surface area contributed by atoms with Gasteiger partial charge in [0.2, 0.25) is 0 Å². The van der Waals surface area contributed by atoms with Crippen molar-refractivity contribution in [2.75, 3.05) is 20.2 Å². The molecule has 1 saturated carbocycles. The molecule has 0 amide bonds. The van der Waals surface area contributed by atoms with E-state index in [9.17, 15) is 25.2 Å². The number of H-pyrrole nitrogens is 1. The highest BCUT2D eigenvalue weighted by molar-refractivity contribution is 6.05. The summed E-state index contributed by atoms with van der Waals surface area (Å²) in [5.74, 6) is 4.78. The van der Waals surface area contributed by atoms with Crippen LogP contribution in [0.4, 0.5) is 5.82 Å². The Bertz CT molecular complexity index is 2840. The quantitative estimate of drug-likeness (QED) is 0.0657. The minimum atomic E-state index is -1.13. The van der Waals surface area contributed by atoms with Crippen molar-refractivity contribution >= 4 is 29.5 Å². The number of hydrogen-bond acceptors (Lipinski definition) is 8. The predicted molar refractivity (Wildman–Crippen MR) is 267 cm³/mol. The highest BCUT2D eigenvalue weighted by Gasteiger charge is 2.43. The van der Waals surface area contributed by atoms with E-state index >= 15 is 4.79 Å². The zero-order chi connectivity index (χ0) is 47.6. The summed E-state index contributed by atoms with van der Waals surface area (Å²) in [7, 11) is 1.84. The van der Waals surface area contributed by atoms with Crippen molar-refractivity contribution in [3.63, 3.8) is 0 Å². The van der Waals surface area contributed by atoms with Crippen LogP contribution in [0.3, 0.4) is 0 Å². The molecule has 0 saturated heterocycles. The molecule has 1 fully saturated rings. The van der Waals surface area contributed by atoms with Crippen LogP contribution in [-0.4, -0.2) is 75.4 Å². The zero-order valence-corrected chi connectivity index (χ0v) is 39.3. The lowest BCUT2D eigenvalue weighted by Crippen LogP contribution is -2.39. The van der Waals surface area contributed by atoms with E-state index in [0.29, 0.717) is 61.4 Å². The van der Waals surface area contributed by atoms with Gasteiger partial charge in [0.15, 0.2) is 17.3 Å². The molecule has 7 atom stereocenters. The summed E-state index contributed by atoms with van der Waals surface area (Å²) >= 11 is 0. The number of aryl methyl sites for hydroxylation is 2. The molecule has 2 aromatic heterocycles. The van der Waals surface area contributed by atoms with Crippen molar-refractivity contribution in [2.45, 2.75) is 108 Å². The van der Waals surface area contributed by atoms with Crippen LogP contribution in [0.15, 0.2) is 84.7 Å². The molecule has 358 valence electrons. The summed E-state index contributed by atoms with van der Waals surface area (Å²) in [6.45, 7) is 0.0433. The summed E-state index contributed by atoms with van der Waals surface area (Å²) in [4.78, 5) is 39.0. The van der Waals surface area contributed by atoms with Gasteiger partial charge in [-0.3, -0.25) is 9.59 Å². The largest absolute Gasteiger partial charge is 0.664 e. The van der Waals surface area contributed by atoms with Gasteiger partial charge >= 0.3 is 0 Å². The number of benzene rings is 3. The molecular weight excluding hydrogens is 865 g/mol. The summed E-state index contributed by atoms with van der Waals surface area (Å²) in [5.41, 5.74) is 9.52. The van der Waals surface area contributed by atoms with E-state index in [0.717, 1.165) is 88.7 Å². The lowest BCUT2D eigenvalue weighted by molar-refractivity contribution is -0.135. The Morgan fingerprint density at radius 1 is 0.884 bits per heavy atom. The number of hydrogen-bond donors (Lipinski definition) is 6. The molecule has 5 bridgehead atoms. The van der Waals surface area contributed by atoms with Gasteiger partial charge in [0.1, 0.15) is 11.5 Å². The maximum Gasteiger partial charge on any atom is 0.161 e. The van der Waals surface area contributed by atoms with Gasteiger partial charge < -0.3 is 45.8 Å². The zero-order valence-electron chi connectivity index (χ0n) is 39.3. The van der Waals surface area contributed by atoms with Crippen molar-refractivity contribution in [1.29, 1.82) is 0 Å². The van der Waals surface area contributed by atoms with Gasteiger partial charge in [0.25, 0.3) is 0 Å². The smallest absolute Gasteiger partial charge is 0.161 e. The number of carbonyl (C=O) groups is 2. The van der Waals surface area contributed by atoms with E-state index in [1.807, 2.05) is 61.8 Å². The van der Waals surface area contributed by atoms with Crippen LogP contribution in [-0.2, 0) is 41.7 Å². The fourth-order valence-corrected chi connectivity index (χ4v) is 11.7. The molecular formula is C58H62N4O7-2. The number of ether oxygens (including phenoxy) is 1. The van der Waals surface area contributed by atoms with Crippen LogP contribution < -0.4 is 15.0 Å². The number of nitrogens with one attached hydrogen (secondary N) is 2. The average molecular weight is 927 g/mol. The van der Waals surface area contributed by atoms with Gasteiger partial charge in [0.05, 0.1) is 24.0 Å². The summed E-state index contributed by atoms with van der Waals surface area (Å²) in [5, 5.41) is 54.1. The number of fused-ring (bicyclic) bond motifs is 8. The molecule has 4 heterocycles. The first kappa shape index (κ1) is 46.4. The Morgan fingerprint density at radius 3 is 2.58 bits per heavy atom. The topological polar surface area (TPSA) is 180 Å². The van der Waals surface area contributed by atoms with Crippen LogP contribution >= 0.6 is 0 Å². The van der Waals surface area contributed by atoms with Gasteiger partial charge in [-0.25, -0.2) is 0 Å². The summed E-state index contributed by atoms with van der Waals surface area (Å²) in [6, 6.07) is 18.8. The number of phenols is 2. The standard InChI is InChI=1S/C58H62N4O7/c1-59-33-40-15-17-49-48-32-50-45(20-23-60-50)47(28-34-9-13-37-5-4-8-51(64)44(37)16-11-34)55(48)57(68)46(21-24-63)52(65)18-12-36-27-42(56(67)54(29-36)69-43-6-2-3-7-43)26-35-10-14-38(31-53(40)66)41(25-35)30-39-19-22-61-58(39)62-49/h4-5,8,10-11,14,16,19-20,22-23,25,27,29,32,34,40,43,46-47,49,53,55,59,61,63-64,66-67H,2-3,6-7,9,12-13,18,21,24,26,28,30-31,33H2,1H3/q-2/t34-,40+,46+,47+,49+,53+,55+/m0/s1. The third-order valence-corrected chi connectivity index (χ3v) is 15.4. The summed E-state index contributed by atoms with van der Waals surface area (Å²) < 4.78 is 6.50. The minimum absolute atomic E-state index is 0.000493. The summed E-state index contributed by atoms with van der Waals surface area (Å²) in [6.07, 6.45) is 16.4. The molecule has 69 heavy (non-hydrogen) atoms. The van der Waals surface area contributed by atoms with Gasteiger partial charge in [-0.1, -0.05) is 96.2 Å². The third-order valence-electron chi connectivity index (χ3n) is 15.4. The Kier molecular flexibility index (Phi) is 13.7. The number of aliphatic hydroxyl groups is 2. The number of Topliss-reactive ketones (excluding diaryl/α,β-unsaturated/α-hetero) is 2. The molecule has 10 rings (SSSR count). The number of ketones is 2. The van der Waals surface area contributed by atoms with Crippen molar-refractivity contribution in [2.24, 2.45) is 23.7 Å². The molecule has 3 aromatic carbocycles. The maximum absolute atomic E-state index is 15.9. The Morgan fingerprint density at radius 2 is 1.74 bits per heavy atom. The monoisotopic (exact) mass is 926 g/mol. The van der Waals surface area contributed by atoms with Crippen LogP contribution in [0.5, 0.6) is 17.2 Å². The second-order valence-corrected chi connectivity index (χ2v) is 19.9. The highest BCUT2D eigenvalue weighted by Crippen LogP contribution is 2.48. The van der Waals surface area contributed by atoms with Crippen molar-refractivity contribution in [3.05, 3.63) is 146 Å². The van der Waals surface area contributed by atoms with E-state index in [1.54, 1.807) is 12.3 Å². The molecule has 5 aliphatic rings. The van der Waals surface area contributed by atoms with Crippen molar-refractivity contribution in [1.82, 2.24) is 15.3 Å². The van der Waals surface area contributed by atoms with E-state index in [4.69, 9.17) is 15.0 Å². The third kappa shape index (κ3) is 9.81. The number of allylic oxidation sites excluding steroid dienone is 1. The first-order valence-electron chi connectivity index (χ1n) is 25.0. The normalized spacial score (nSPS) is 24.8. The number of phenolic OH excluding ortho intramolecular Hbond substituents is 2. The molecule has 0 unspecified atom stereocenters. The fourth-order valence-electron chi connectivity index (χ4n) is 11.7. The van der Waals surface area contributed by atoms with Crippen molar-refractivity contribution in [3.8, 4) is 29.1 Å². The lowest BCUT2D eigenvalue weighted by Gasteiger charge is -2.40. The number of aromatic amines is 1. The lowest BCUT2D eigenvalue weighted by atomic mass is 9.66. The van der Waals surface area contributed by atoms with Crippen LogP contribution in [0.25, 0.3) is 17.5 Å². The van der Waals surface area contributed by atoms with E-state index < -0.39 is 35.8 Å². The number of rotatable bonds is 8. The average Bonchev–Trinajstić information content (AvgIpc) is 4.11. The van der Waals surface area contributed by atoms with Crippen LogP contribution in [0.2, 0.25) is 0 Å². The molecule has 11 nitrogen and oxygen atoms in total. The Balaban J connectivity index is 1.14. The van der Waals surface area contributed by atoms with Gasteiger partial charge in [0, 0.05) is 49.1 Å². The van der Waals surface area contributed by atoms with E-state index in [2.05, 4.69) is 46.4 Å². The number of aromatic hydroxyl groups is 2. The second kappa shape index (κ2) is 20.3. The first-order valence-corrected chi connectivity index (χ1v) is 25.0. The molecule has 0 spiro atoms. The fraction of sp³-hybridized carbons (Fsp3) is 0.414. The van der Waals surface area contributed by atoms with Gasteiger partial charge in [-0.2, -0.15) is 6.20 Å². The minimum Gasteiger partial charge on any atom is -0.664 e. The molecule has 0 radical (unpaired) electrons. The first-order chi connectivity index (χ1) is 33.6. The number of aliphatic hydroxyl groups excluding tert-OH is 2. The molecule has 11 heteroatoms. The van der Waals surface area contributed by atoms with E-state index in [-0.39, 0.29) is 54.5 Å². The van der Waals surface area contributed by atoms with Gasteiger partial charge in [-0.05, 0) is 141 Å². The number of carbonyl (C=O) groups excluding carboxylic acids is 2. The number of aromatic nitrogens is 2. The van der Waals surface area contributed by atoms with Crippen LogP contribution in [0.1, 0.15) is 113 Å². The predicted octanol–water partition coefficient (Wildman–Crippen LogP) is 8.56. The van der Waals surface area contributed by atoms with Gasteiger partial charge in [-0.15, -0.1) is 5.69 Å². The van der Waals surface area contributed by atoms with E-state index in [1.165, 1.54) is 0 Å². The molecule has 6 N–H and O–H groups in total. The Hall–Kier alpha value is -6.32. The SMILES string of the molecule is CNC[C@H]1C#C[C@H]2[N-]c3[nH]ccc3Cc3cc(ccc3C[C@H]1O)Cc1cc(cc(OC3CCCC3)c1O)CCC(=O)[C@@H](CCO)C(=O)[C@H]1C2=Cc2[n-]ccc2[C@H]1C[C@@H]1C=Cc2c(O)cccc2CC1. The highest BCUT2D eigenvalue weighted by atomic mass is 16.5. The van der Waals surface area contributed by atoms with Crippen molar-refractivity contribution < 1.29 is 34.8 Å². The molecule has 5 aromatic rings. The van der Waals surface area contributed by atoms with Crippen LogP contribution in [0, 0.1) is 35.5 Å². The second-order valence-electron chi connectivity index (χ2n) is 19.9.